The third kappa shape index (κ3) is 3.46. The number of halogens is 2. The van der Waals surface area contributed by atoms with E-state index in [1.807, 2.05) is 6.92 Å². The lowest BCUT2D eigenvalue weighted by atomic mass is 10.2. The summed E-state index contributed by atoms with van der Waals surface area (Å²) in [5, 5.41) is 3.60. The van der Waals surface area contributed by atoms with Crippen molar-refractivity contribution >= 4 is 41.9 Å². The van der Waals surface area contributed by atoms with Crippen LogP contribution in [0.1, 0.15) is 17.3 Å². The molecule has 1 aromatic carbocycles. The van der Waals surface area contributed by atoms with Crippen molar-refractivity contribution in [1.29, 1.82) is 0 Å². The molecule has 0 aliphatic carbocycles. The zero-order valence-corrected chi connectivity index (χ0v) is 14.6. The van der Waals surface area contributed by atoms with E-state index in [0.29, 0.717) is 10.3 Å². The summed E-state index contributed by atoms with van der Waals surface area (Å²) in [7, 11) is -3.67. The third-order valence-electron chi connectivity index (χ3n) is 2.49. The molecule has 1 N–H and O–H groups in total. The van der Waals surface area contributed by atoms with E-state index in [-0.39, 0.29) is 17.3 Å². The van der Waals surface area contributed by atoms with Gasteiger partial charge in [-0.05, 0) is 47.5 Å². The molecule has 0 unspecified atom stereocenters. The van der Waals surface area contributed by atoms with Crippen LogP contribution in [0, 0.1) is 13.8 Å². The highest BCUT2D eigenvalue weighted by Gasteiger charge is 2.20. The molecular weight excluding hydrogens is 414 g/mol. The predicted molar refractivity (Wildman–Crippen MR) is 79.6 cm³/mol. The van der Waals surface area contributed by atoms with Crippen molar-refractivity contribution in [2.45, 2.75) is 25.3 Å². The van der Waals surface area contributed by atoms with Crippen LogP contribution in [0.4, 0.5) is 0 Å². The Labute approximate surface area is 133 Å². The van der Waals surface area contributed by atoms with Gasteiger partial charge in [-0.2, -0.15) is 4.98 Å². The summed E-state index contributed by atoms with van der Waals surface area (Å²) < 4.78 is 33.0. The first kappa shape index (κ1) is 15.6. The highest BCUT2D eigenvalue weighted by Crippen LogP contribution is 2.28. The number of aryl methyl sites for hydroxylation is 2. The van der Waals surface area contributed by atoms with Crippen LogP contribution in [0.5, 0.6) is 0 Å². The van der Waals surface area contributed by atoms with Crippen molar-refractivity contribution in [2.75, 3.05) is 0 Å². The lowest BCUT2D eigenvalue weighted by Crippen LogP contribution is -2.24. The molecule has 1 aromatic heterocycles. The van der Waals surface area contributed by atoms with E-state index in [1.54, 1.807) is 19.1 Å². The quantitative estimate of drug-likeness (QED) is 0.815. The molecule has 9 heteroatoms. The zero-order chi connectivity index (χ0) is 14.9. The number of nitrogens with one attached hydrogen (secondary N) is 1. The lowest BCUT2D eigenvalue weighted by molar-refractivity contribution is 0.372. The number of sulfonamides is 1. The van der Waals surface area contributed by atoms with Gasteiger partial charge in [0, 0.05) is 8.95 Å². The van der Waals surface area contributed by atoms with E-state index in [0.717, 1.165) is 10.0 Å². The summed E-state index contributed by atoms with van der Waals surface area (Å²) in [6.07, 6.45) is 0. The zero-order valence-electron chi connectivity index (χ0n) is 10.6. The average molecular weight is 425 g/mol. The van der Waals surface area contributed by atoms with Gasteiger partial charge in [-0.3, -0.25) is 0 Å². The maximum absolute atomic E-state index is 12.2. The Hall–Kier alpha value is -0.770. The number of aromatic nitrogens is 2. The number of rotatable bonds is 4. The maximum Gasteiger partial charge on any atom is 0.242 e. The Morgan fingerprint density at radius 2 is 1.95 bits per heavy atom. The molecule has 0 radical (unpaired) electrons. The Bertz CT molecular complexity index is 743. The molecule has 6 nitrogen and oxygen atoms in total. The van der Waals surface area contributed by atoms with Crippen LogP contribution in [0.2, 0.25) is 0 Å². The van der Waals surface area contributed by atoms with E-state index in [1.165, 1.54) is 0 Å². The van der Waals surface area contributed by atoms with Gasteiger partial charge in [0.25, 0.3) is 0 Å². The third-order valence-corrected chi connectivity index (χ3v) is 5.70. The molecule has 0 atom stereocenters. The van der Waals surface area contributed by atoms with Gasteiger partial charge in [0.15, 0.2) is 5.82 Å². The molecule has 0 aliphatic heterocycles. The van der Waals surface area contributed by atoms with E-state index in [2.05, 4.69) is 46.7 Å². The summed E-state index contributed by atoms with van der Waals surface area (Å²) >= 11 is 6.57. The van der Waals surface area contributed by atoms with E-state index < -0.39 is 10.0 Å². The van der Waals surface area contributed by atoms with E-state index in [9.17, 15) is 8.42 Å². The van der Waals surface area contributed by atoms with Crippen molar-refractivity contribution in [3.63, 3.8) is 0 Å². The molecule has 0 bridgehead atoms. The van der Waals surface area contributed by atoms with Crippen molar-refractivity contribution in [3.8, 4) is 0 Å². The van der Waals surface area contributed by atoms with Crippen molar-refractivity contribution in [1.82, 2.24) is 14.9 Å². The van der Waals surface area contributed by atoms with Crippen LogP contribution in [0.25, 0.3) is 0 Å². The minimum Gasteiger partial charge on any atom is -0.338 e. The smallest absolute Gasteiger partial charge is 0.242 e. The van der Waals surface area contributed by atoms with Crippen molar-refractivity contribution in [2.24, 2.45) is 0 Å². The van der Waals surface area contributed by atoms with Crippen LogP contribution in [-0.2, 0) is 16.6 Å². The molecule has 0 fully saturated rings. The van der Waals surface area contributed by atoms with Crippen LogP contribution in [0.3, 0.4) is 0 Å². The second kappa shape index (κ2) is 5.92. The molecule has 20 heavy (non-hydrogen) atoms. The number of hydrogen-bond donors (Lipinski definition) is 1. The monoisotopic (exact) mass is 423 g/mol. The first-order valence-corrected chi connectivity index (χ1v) is 8.61. The highest BCUT2D eigenvalue weighted by molar-refractivity contribution is 9.11. The molecule has 0 spiro atoms. The maximum atomic E-state index is 12.2. The van der Waals surface area contributed by atoms with Gasteiger partial charge in [0.2, 0.25) is 15.9 Å². The molecule has 2 aromatic rings. The topological polar surface area (TPSA) is 85.1 Å². The SMILES string of the molecule is Cc1noc(CNS(=O)(=O)c2cc(Br)c(C)cc2Br)n1. The summed E-state index contributed by atoms with van der Waals surface area (Å²) in [5.41, 5.74) is 0.934. The summed E-state index contributed by atoms with van der Waals surface area (Å²) in [5.74, 6) is 0.673. The summed E-state index contributed by atoms with van der Waals surface area (Å²) in [4.78, 5) is 4.08. The molecule has 2 rings (SSSR count). The Morgan fingerprint density at radius 1 is 1.25 bits per heavy atom. The van der Waals surface area contributed by atoms with E-state index >= 15 is 0 Å². The van der Waals surface area contributed by atoms with Gasteiger partial charge in [0.05, 0.1) is 11.4 Å². The fraction of sp³-hybridized carbons (Fsp3) is 0.273. The number of nitrogens with zero attached hydrogens (tertiary/aromatic N) is 2. The first-order valence-electron chi connectivity index (χ1n) is 5.54. The summed E-state index contributed by atoms with van der Waals surface area (Å²) in [6.45, 7) is 3.48. The molecule has 108 valence electrons. The molecule has 0 amide bonds. The molecular formula is C11H11Br2N3O3S. The van der Waals surface area contributed by atoms with Crippen LogP contribution >= 0.6 is 31.9 Å². The fourth-order valence-corrected chi connectivity index (χ4v) is 4.13. The molecule has 0 saturated carbocycles. The van der Waals surface area contributed by atoms with Crippen LogP contribution in [0.15, 0.2) is 30.5 Å². The molecule has 0 aliphatic rings. The van der Waals surface area contributed by atoms with Crippen molar-refractivity contribution in [3.05, 3.63) is 38.4 Å². The largest absolute Gasteiger partial charge is 0.338 e. The Morgan fingerprint density at radius 3 is 2.55 bits per heavy atom. The first-order chi connectivity index (χ1) is 9.29. The van der Waals surface area contributed by atoms with Gasteiger partial charge < -0.3 is 4.52 Å². The standard InChI is InChI=1S/C11H11Br2N3O3S/c1-6-3-9(13)10(4-8(6)12)20(17,18)14-5-11-15-7(2)16-19-11/h3-4,14H,5H2,1-2H3. The van der Waals surface area contributed by atoms with Crippen LogP contribution < -0.4 is 4.72 Å². The lowest BCUT2D eigenvalue weighted by Gasteiger charge is -2.09. The van der Waals surface area contributed by atoms with Gasteiger partial charge in [-0.1, -0.05) is 21.1 Å². The van der Waals surface area contributed by atoms with Gasteiger partial charge in [-0.25, -0.2) is 13.1 Å². The minimum atomic E-state index is -3.67. The van der Waals surface area contributed by atoms with Gasteiger partial charge >= 0.3 is 0 Å². The number of hydrogen-bond acceptors (Lipinski definition) is 5. The second-order valence-corrected chi connectivity index (χ2v) is 7.54. The average Bonchev–Trinajstić information content (AvgIpc) is 2.77. The highest BCUT2D eigenvalue weighted by atomic mass is 79.9. The van der Waals surface area contributed by atoms with Crippen LogP contribution in [-0.4, -0.2) is 18.6 Å². The normalized spacial score (nSPS) is 11.8. The van der Waals surface area contributed by atoms with Gasteiger partial charge in [0.1, 0.15) is 0 Å². The molecule has 0 saturated heterocycles. The second-order valence-electron chi connectivity index (χ2n) is 4.09. The Kier molecular flexibility index (Phi) is 4.62. The van der Waals surface area contributed by atoms with Crippen molar-refractivity contribution < 1.29 is 12.9 Å². The molecule has 1 heterocycles. The Balaban J connectivity index is 2.24. The predicted octanol–water partition coefficient (Wildman–Crippen LogP) is 2.69. The fourth-order valence-electron chi connectivity index (χ4n) is 1.48. The van der Waals surface area contributed by atoms with E-state index in [4.69, 9.17) is 4.52 Å². The summed E-state index contributed by atoms with van der Waals surface area (Å²) in [6, 6.07) is 3.27. The van der Waals surface area contributed by atoms with Gasteiger partial charge in [-0.15, -0.1) is 0 Å². The minimum absolute atomic E-state index is 0.0545. The number of benzene rings is 1.